The summed E-state index contributed by atoms with van der Waals surface area (Å²) in [6.45, 7) is 2.08. The maximum Gasteiger partial charge on any atom is 0.313 e. The average Bonchev–Trinajstić information content (AvgIpc) is 3.32. The zero-order valence-corrected chi connectivity index (χ0v) is 15.6. The number of aryl methyl sites for hydroxylation is 1. The first-order valence-corrected chi connectivity index (χ1v) is 9.18. The monoisotopic (exact) mass is 388 g/mol. The molecule has 26 heavy (non-hydrogen) atoms. The summed E-state index contributed by atoms with van der Waals surface area (Å²) in [5, 5.41) is 12.0. The highest BCUT2D eigenvalue weighted by Gasteiger charge is 2.20. The van der Waals surface area contributed by atoms with E-state index in [1.807, 2.05) is 36.7 Å². The molecule has 6 nitrogen and oxygen atoms in total. The Bertz CT molecular complexity index is 860. The minimum atomic E-state index is -0.735. The highest BCUT2D eigenvalue weighted by Crippen LogP contribution is 2.22. The van der Waals surface area contributed by atoms with E-state index in [4.69, 9.17) is 11.6 Å². The molecule has 0 saturated heterocycles. The average molecular weight is 389 g/mol. The van der Waals surface area contributed by atoms with Crippen molar-refractivity contribution < 1.29 is 9.59 Å². The molecular formula is C18H17ClN4O2S. The van der Waals surface area contributed by atoms with Crippen molar-refractivity contribution >= 4 is 40.4 Å². The summed E-state index contributed by atoms with van der Waals surface area (Å²) in [5.41, 5.74) is 1.34. The van der Waals surface area contributed by atoms with E-state index in [1.54, 1.807) is 40.4 Å². The van der Waals surface area contributed by atoms with Crippen LogP contribution in [0, 0.1) is 6.92 Å². The van der Waals surface area contributed by atoms with Gasteiger partial charge in [-0.25, -0.2) is 0 Å². The zero-order chi connectivity index (χ0) is 18.5. The van der Waals surface area contributed by atoms with E-state index in [9.17, 15) is 9.59 Å². The summed E-state index contributed by atoms with van der Waals surface area (Å²) in [4.78, 5) is 25.4. The third-order valence-corrected chi connectivity index (χ3v) is 5.03. The number of carbonyl (C=O) groups excluding carboxylic acids is 2. The van der Waals surface area contributed by atoms with Gasteiger partial charge in [0.25, 0.3) is 0 Å². The van der Waals surface area contributed by atoms with Crippen LogP contribution in [0.15, 0.2) is 54.2 Å². The third kappa shape index (κ3) is 4.30. The molecule has 0 spiro atoms. The van der Waals surface area contributed by atoms with Gasteiger partial charge >= 0.3 is 11.8 Å². The van der Waals surface area contributed by atoms with Crippen LogP contribution in [0.5, 0.6) is 0 Å². The molecular weight excluding hydrogens is 372 g/mol. The van der Waals surface area contributed by atoms with Crippen LogP contribution in [-0.2, 0) is 9.59 Å². The summed E-state index contributed by atoms with van der Waals surface area (Å²) in [7, 11) is 0. The fourth-order valence-corrected chi connectivity index (χ4v) is 3.44. The quantitative estimate of drug-likeness (QED) is 0.659. The molecule has 0 saturated carbocycles. The molecule has 0 fully saturated rings. The molecule has 3 aromatic rings. The van der Waals surface area contributed by atoms with Gasteiger partial charge < -0.3 is 10.6 Å². The van der Waals surface area contributed by atoms with Crippen molar-refractivity contribution in [1.29, 1.82) is 0 Å². The second-order valence-electron chi connectivity index (χ2n) is 5.64. The maximum absolute atomic E-state index is 12.2. The molecule has 0 bridgehead atoms. The summed E-state index contributed by atoms with van der Waals surface area (Å²) in [6, 6.07) is 10.7. The molecule has 0 aliphatic rings. The van der Waals surface area contributed by atoms with E-state index >= 15 is 0 Å². The van der Waals surface area contributed by atoms with Crippen LogP contribution in [0.1, 0.15) is 16.5 Å². The van der Waals surface area contributed by atoms with E-state index in [-0.39, 0.29) is 12.6 Å². The first-order chi connectivity index (χ1) is 12.5. The Kier molecular flexibility index (Phi) is 5.70. The first-order valence-electron chi connectivity index (χ1n) is 7.92. The summed E-state index contributed by atoms with van der Waals surface area (Å²) in [6.07, 6.45) is 3.50. The number of aromatic nitrogens is 2. The summed E-state index contributed by atoms with van der Waals surface area (Å²) < 4.78 is 1.76. The number of thiophene rings is 1. The Morgan fingerprint density at radius 2 is 2.12 bits per heavy atom. The van der Waals surface area contributed by atoms with Crippen LogP contribution >= 0.6 is 22.9 Å². The lowest BCUT2D eigenvalue weighted by molar-refractivity contribution is -0.136. The molecule has 2 heterocycles. The molecule has 1 atom stereocenters. The Labute approximate surface area is 159 Å². The van der Waals surface area contributed by atoms with Gasteiger partial charge in [-0.05, 0) is 42.1 Å². The van der Waals surface area contributed by atoms with Gasteiger partial charge in [0.15, 0.2) is 0 Å². The van der Waals surface area contributed by atoms with E-state index in [0.717, 1.165) is 10.4 Å². The summed E-state index contributed by atoms with van der Waals surface area (Å²) >= 11 is 7.50. The second kappa shape index (κ2) is 8.16. The SMILES string of the molecule is Cc1ccc(Cl)cc1NC(=O)C(=O)NCC(c1cccs1)n1cccn1. The van der Waals surface area contributed by atoms with E-state index in [0.29, 0.717) is 10.7 Å². The number of anilines is 1. The minimum Gasteiger partial charge on any atom is -0.345 e. The molecule has 2 amide bonds. The minimum absolute atomic E-state index is 0.172. The van der Waals surface area contributed by atoms with Crippen molar-refractivity contribution in [2.45, 2.75) is 13.0 Å². The molecule has 1 aromatic carbocycles. The Hall–Kier alpha value is -2.64. The van der Waals surface area contributed by atoms with Gasteiger partial charge in [0.1, 0.15) is 6.04 Å². The van der Waals surface area contributed by atoms with Gasteiger partial charge in [0, 0.05) is 34.5 Å². The predicted octanol–water partition coefficient (Wildman–Crippen LogP) is 3.25. The Morgan fingerprint density at radius 3 is 2.81 bits per heavy atom. The number of nitrogens with one attached hydrogen (secondary N) is 2. The molecule has 0 aliphatic heterocycles. The highest BCUT2D eigenvalue weighted by molar-refractivity contribution is 7.10. The maximum atomic E-state index is 12.2. The molecule has 1 unspecified atom stereocenters. The molecule has 134 valence electrons. The fourth-order valence-electron chi connectivity index (χ4n) is 2.45. The van der Waals surface area contributed by atoms with Crippen LogP contribution in [0.4, 0.5) is 5.69 Å². The van der Waals surface area contributed by atoms with Gasteiger partial charge in [0.05, 0.1) is 0 Å². The van der Waals surface area contributed by atoms with Crippen LogP contribution < -0.4 is 10.6 Å². The van der Waals surface area contributed by atoms with Crippen molar-refractivity contribution in [1.82, 2.24) is 15.1 Å². The standard InChI is InChI=1S/C18H17ClN4O2S/c1-12-5-6-13(19)10-14(12)22-18(25)17(24)20-11-15(16-4-2-9-26-16)23-8-3-7-21-23/h2-10,15H,11H2,1H3,(H,20,24)(H,22,25). The largest absolute Gasteiger partial charge is 0.345 e. The van der Waals surface area contributed by atoms with E-state index in [1.165, 1.54) is 0 Å². The van der Waals surface area contributed by atoms with E-state index < -0.39 is 11.8 Å². The van der Waals surface area contributed by atoms with Crippen LogP contribution in [0.25, 0.3) is 0 Å². The highest BCUT2D eigenvalue weighted by atomic mass is 35.5. The number of amides is 2. The van der Waals surface area contributed by atoms with Gasteiger partial charge in [-0.2, -0.15) is 5.10 Å². The third-order valence-electron chi connectivity index (χ3n) is 3.83. The zero-order valence-electron chi connectivity index (χ0n) is 14.0. The van der Waals surface area contributed by atoms with Gasteiger partial charge in [-0.3, -0.25) is 14.3 Å². The number of rotatable bonds is 5. The number of carbonyl (C=O) groups is 2. The van der Waals surface area contributed by atoms with E-state index in [2.05, 4.69) is 15.7 Å². The first kappa shape index (κ1) is 18.2. The summed E-state index contributed by atoms with van der Waals surface area (Å²) in [5.74, 6) is -1.45. The smallest absolute Gasteiger partial charge is 0.313 e. The lowest BCUT2D eigenvalue weighted by Gasteiger charge is -2.17. The van der Waals surface area contributed by atoms with Gasteiger partial charge in [-0.1, -0.05) is 23.7 Å². The van der Waals surface area contributed by atoms with Crippen LogP contribution in [0.2, 0.25) is 5.02 Å². The fraction of sp³-hybridized carbons (Fsp3) is 0.167. The lowest BCUT2D eigenvalue weighted by Crippen LogP contribution is -2.39. The second-order valence-corrected chi connectivity index (χ2v) is 7.06. The molecule has 2 N–H and O–H groups in total. The van der Waals surface area contributed by atoms with Crippen LogP contribution in [-0.4, -0.2) is 28.1 Å². The normalized spacial score (nSPS) is 11.8. The Balaban J connectivity index is 1.65. The van der Waals surface area contributed by atoms with Gasteiger partial charge in [0.2, 0.25) is 0 Å². The molecule has 2 aromatic heterocycles. The molecule has 8 heteroatoms. The van der Waals surface area contributed by atoms with Crippen molar-refractivity contribution in [2.24, 2.45) is 0 Å². The number of hydrogen-bond acceptors (Lipinski definition) is 4. The van der Waals surface area contributed by atoms with Gasteiger partial charge in [-0.15, -0.1) is 11.3 Å². The number of hydrogen-bond donors (Lipinski definition) is 2. The number of nitrogens with zero attached hydrogens (tertiary/aromatic N) is 2. The van der Waals surface area contributed by atoms with Crippen LogP contribution in [0.3, 0.4) is 0 Å². The van der Waals surface area contributed by atoms with Crippen molar-refractivity contribution in [3.05, 3.63) is 69.6 Å². The Morgan fingerprint density at radius 1 is 1.27 bits per heavy atom. The topological polar surface area (TPSA) is 76.0 Å². The molecule has 0 aliphatic carbocycles. The lowest BCUT2D eigenvalue weighted by atomic mass is 10.2. The molecule has 0 radical (unpaired) electrons. The van der Waals surface area contributed by atoms with Crippen molar-refractivity contribution in [2.75, 3.05) is 11.9 Å². The number of halogens is 1. The predicted molar refractivity (Wildman–Crippen MR) is 103 cm³/mol. The number of benzene rings is 1. The van der Waals surface area contributed by atoms with Crippen molar-refractivity contribution in [3.63, 3.8) is 0 Å². The van der Waals surface area contributed by atoms with Crippen molar-refractivity contribution in [3.8, 4) is 0 Å². The molecule has 3 rings (SSSR count).